The Balaban J connectivity index is 1.71. The van der Waals surface area contributed by atoms with Crippen molar-refractivity contribution in [3.05, 3.63) is 30.1 Å². The highest BCUT2D eigenvalue weighted by atomic mass is 32.2. The molecule has 0 N–H and O–H groups in total. The Bertz CT molecular complexity index is 723. The second kappa shape index (κ2) is 8.05. The predicted molar refractivity (Wildman–Crippen MR) is 101 cm³/mol. The summed E-state index contributed by atoms with van der Waals surface area (Å²) >= 11 is 0. The number of amides is 1. The van der Waals surface area contributed by atoms with Gasteiger partial charge in [0, 0.05) is 50.4 Å². The number of likely N-dealkylation sites (tertiary alicyclic amines) is 1. The SMILES string of the molecule is CCCCS(=O)(=O)N1CCC[C@@]2(CCC(=O)N(Cc3cccnc3)C2)C1. The summed E-state index contributed by atoms with van der Waals surface area (Å²) in [6, 6.07) is 3.85. The fourth-order valence-corrected chi connectivity index (χ4v) is 5.94. The molecule has 0 radical (unpaired) electrons. The van der Waals surface area contributed by atoms with Crippen LogP contribution in [0, 0.1) is 5.41 Å². The van der Waals surface area contributed by atoms with Crippen molar-refractivity contribution in [1.29, 1.82) is 0 Å². The van der Waals surface area contributed by atoms with E-state index in [1.807, 2.05) is 24.0 Å². The minimum absolute atomic E-state index is 0.104. The van der Waals surface area contributed by atoms with Gasteiger partial charge in [-0.2, -0.15) is 0 Å². The maximum Gasteiger partial charge on any atom is 0.222 e. The maximum atomic E-state index is 12.6. The second-order valence-electron chi connectivity index (χ2n) is 7.72. The number of carbonyl (C=O) groups is 1. The highest BCUT2D eigenvalue weighted by Gasteiger charge is 2.44. The van der Waals surface area contributed by atoms with Crippen molar-refractivity contribution in [3.63, 3.8) is 0 Å². The molecule has 6 nitrogen and oxygen atoms in total. The van der Waals surface area contributed by atoms with Gasteiger partial charge in [0.2, 0.25) is 15.9 Å². The third-order valence-electron chi connectivity index (χ3n) is 5.62. The van der Waals surface area contributed by atoms with Crippen LogP contribution < -0.4 is 0 Å². The number of piperidine rings is 2. The van der Waals surface area contributed by atoms with Gasteiger partial charge in [-0.15, -0.1) is 0 Å². The largest absolute Gasteiger partial charge is 0.338 e. The van der Waals surface area contributed by atoms with E-state index in [9.17, 15) is 13.2 Å². The lowest BCUT2D eigenvalue weighted by atomic mass is 9.74. The van der Waals surface area contributed by atoms with Gasteiger partial charge >= 0.3 is 0 Å². The van der Waals surface area contributed by atoms with Crippen molar-refractivity contribution in [2.45, 2.75) is 52.0 Å². The molecule has 144 valence electrons. The zero-order chi connectivity index (χ0) is 18.6. The van der Waals surface area contributed by atoms with Gasteiger partial charge in [0.05, 0.1) is 5.75 Å². The van der Waals surface area contributed by atoms with Crippen LogP contribution in [0.4, 0.5) is 0 Å². The van der Waals surface area contributed by atoms with Crippen molar-refractivity contribution >= 4 is 15.9 Å². The Morgan fingerprint density at radius 3 is 2.85 bits per heavy atom. The molecule has 1 atom stereocenters. The average molecular weight is 380 g/mol. The number of pyridine rings is 1. The molecule has 2 saturated heterocycles. The maximum absolute atomic E-state index is 12.6. The molecular weight excluding hydrogens is 350 g/mol. The molecule has 26 heavy (non-hydrogen) atoms. The zero-order valence-corrected chi connectivity index (χ0v) is 16.4. The molecule has 0 saturated carbocycles. The van der Waals surface area contributed by atoms with Gasteiger partial charge < -0.3 is 4.90 Å². The molecule has 1 amide bonds. The number of nitrogens with zero attached hydrogens (tertiary/aromatic N) is 3. The molecule has 2 aliphatic heterocycles. The molecule has 1 spiro atoms. The molecule has 0 aliphatic carbocycles. The van der Waals surface area contributed by atoms with Gasteiger partial charge in [-0.1, -0.05) is 19.4 Å². The van der Waals surface area contributed by atoms with E-state index in [4.69, 9.17) is 0 Å². The summed E-state index contributed by atoms with van der Waals surface area (Å²) < 4.78 is 27.0. The van der Waals surface area contributed by atoms with Crippen molar-refractivity contribution < 1.29 is 13.2 Å². The molecular formula is C19H29N3O3S. The van der Waals surface area contributed by atoms with E-state index in [2.05, 4.69) is 4.98 Å². The lowest BCUT2D eigenvalue weighted by molar-refractivity contribution is -0.139. The summed E-state index contributed by atoms with van der Waals surface area (Å²) in [6.07, 6.45) is 8.26. The number of unbranched alkanes of at least 4 members (excludes halogenated alkanes) is 1. The Kier molecular flexibility index (Phi) is 5.97. The highest BCUT2D eigenvalue weighted by molar-refractivity contribution is 7.89. The molecule has 7 heteroatoms. The summed E-state index contributed by atoms with van der Waals surface area (Å²) in [5.41, 5.74) is 0.911. The molecule has 3 heterocycles. The first kappa shape index (κ1) is 19.3. The van der Waals surface area contributed by atoms with Crippen molar-refractivity contribution in [1.82, 2.24) is 14.2 Å². The smallest absolute Gasteiger partial charge is 0.222 e. The van der Waals surface area contributed by atoms with E-state index in [0.717, 1.165) is 31.2 Å². The number of hydrogen-bond donors (Lipinski definition) is 0. The van der Waals surface area contributed by atoms with E-state index < -0.39 is 10.0 Å². The van der Waals surface area contributed by atoms with E-state index in [1.54, 1.807) is 16.7 Å². The molecule has 0 bridgehead atoms. The van der Waals surface area contributed by atoms with Crippen molar-refractivity contribution in [2.75, 3.05) is 25.4 Å². The van der Waals surface area contributed by atoms with Crippen molar-refractivity contribution in [2.24, 2.45) is 5.41 Å². The molecule has 1 aromatic heterocycles. The predicted octanol–water partition coefficient (Wildman–Crippen LogP) is 2.42. The fourth-order valence-electron chi connectivity index (χ4n) is 4.15. The first-order valence-electron chi connectivity index (χ1n) is 9.59. The van der Waals surface area contributed by atoms with Gasteiger partial charge in [0.25, 0.3) is 0 Å². The molecule has 2 aliphatic rings. The molecule has 3 rings (SSSR count). The standard InChI is InChI=1S/C19H29N3O3S/c1-2-3-12-26(24,25)22-11-5-8-19(16-22)9-7-18(23)21(15-19)14-17-6-4-10-20-13-17/h4,6,10,13H,2-3,5,7-9,11-12,14-16H2,1H3/t19-/m0/s1. The third kappa shape index (κ3) is 4.43. The van der Waals surface area contributed by atoms with Crippen LogP contribution in [-0.4, -0.2) is 53.9 Å². The Morgan fingerprint density at radius 2 is 2.12 bits per heavy atom. The van der Waals surface area contributed by atoms with Crippen LogP contribution in [0.25, 0.3) is 0 Å². The number of carbonyl (C=O) groups excluding carboxylic acids is 1. The lowest BCUT2D eigenvalue weighted by Gasteiger charge is -2.47. The monoisotopic (exact) mass is 379 g/mol. The minimum Gasteiger partial charge on any atom is -0.338 e. The molecule has 2 fully saturated rings. The number of rotatable bonds is 6. The topological polar surface area (TPSA) is 70.6 Å². The summed E-state index contributed by atoms with van der Waals surface area (Å²) in [4.78, 5) is 18.4. The summed E-state index contributed by atoms with van der Waals surface area (Å²) in [6.45, 7) is 4.37. The van der Waals surface area contributed by atoms with Crippen LogP contribution in [0.15, 0.2) is 24.5 Å². The first-order chi connectivity index (χ1) is 12.4. The van der Waals surface area contributed by atoms with Crippen LogP contribution in [0.1, 0.15) is 51.0 Å². The third-order valence-corrected chi connectivity index (χ3v) is 7.52. The molecule has 0 unspecified atom stereocenters. The van der Waals surface area contributed by atoms with Gasteiger partial charge in [0.1, 0.15) is 0 Å². The number of aromatic nitrogens is 1. The van der Waals surface area contributed by atoms with Crippen molar-refractivity contribution in [3.8, 4) is 0 Å². The van der Waals surface area contributed by atoms with Gasteiger partial charge in [-0.3, -0.25) is 9.78 Å². The van der Waals surface area contributed by atoms with Gasteiger partial charge in [0.15, 0.2) is 0 Å². The molecule has 1 aromatic rings. The summed E-state index contributed by atoms with van der Waals surface area (Å²) in [7, 11) is -3.19. The van der Waals surface area contributed by atoms with Gasteiger partial charge in [-0.05, 0) is 37.3 Å². The van der Waals surface area contributed by atoms with E-state index in [-0.39, 0.29) is 17.1 Å². The quantitative estimate of drug-likeness (QED) is 0.761. The van der Waals surface area contributed by atoms with Gasteiger partial charge in [-0.25, -0.2) is 12.7 Å². The van der Waals surface area contributed by atoms with Crippen LogP contribution >= 0.6 is 0 Å². The van der Waals surface area contributed by atoms with E-state index in [1.165, 1.54) is 0 Å². The zero-order valence-electron chi connectivity index (χ0n) is 15.6. The summed E-state index contributed by atoms with van der Waals surface area (Å²) in [5, 5.41) is 0. The van der Waals surface area contributed by atoms with Crippen LogP contribution in [0.2, 0.25) is 0 Å². The van der Waals surface area contributed by atoms with Crippen LogP contribution in [-0.2, 0) is 21.4 Å². The Hall–Kier alpha value is -1.47. The summed E-state index contributed by atoms with van der Waals surface area (Å²) in [5.74, 6) is 0.392. The Labute approximate surface area is 156 Å². The Morgan fingerprint density at radius 1 is 1.27 bits per heavy atom. The fraction of sp³-hybridized carbons (Fsp3) is 0.684. The highest BCUT2D eigenvalue weighted by Crippen LogP contribution is 2.40. The average Bonchev–Trinajstić information content (AvgIpc) is 2.64. The minimum atomic E-state index is -3.19. The van der Waals surface area contributed by atoms with E-state index >= 15 is 0 Å². The first-order valence-corrected chi connectivity index (χ1v) is 11.2. The second-order valence-corrected chi connectivity index (χ2v) is 9.81. The normalized spacial score (nSPS) is 25.0. The number of sulfonamides is 1. The van der Waals surface area contributed by atoms with Crippen LogP contribution in [0.3, 0.4) is 0 Å². The lowest BCUT2D eigenvalue weighted by Crippen LogP contribution is -2.55. The molecule has 0 aromatic carbocycles. The van der Waals surface area contributed by atoms with E-state index in [0.29, 0.717) is 39.0 Å². The van der Waals surface area contributed by atoms with Crippen LogP contribution in [0.5, 0.6) is 0 Å². The number of hydrogen-bond acceptors (Lipinski definition) is 4.